The molecule has 0 aliphatic rings. The van der Waals surface area contributed by atoms with Gasteiger partial charge in [-0.15, -0.1) is 5.10 Å². The molecule has 12 nitrogen and oxygen atoms in total. The van der Waals surface area contributed by atoms with Crippen LogP contribution >= 0.6 is 0 Å². The zero-order valence-electron chi connectivity index (χ0n) is 23.1. The Hall–Kier alpha value is -5.34. The molecule has 15 heteroatoms. The van der Waals surface area contributed by atoms with Gasteiger partial charge >= 0.3 is 12.3 Å². The highest BCUT2D eigenvalue weighted by atomic mass is 19.4. The van der Waals surface area contributed by atoms with Crippen LogP contribution in [-0.4, -0.2) is 77.4 Å². The first-order valence-electron chi connectivity index (χ1n) is 12.9. The van der Waals surface area contributed by atoms with Crippen molar-refractivity contribution in [2.45, 2.75) is 12.6 Å². The Bertz CT molecular complexity index is 1620. The van der Waals surface area contributed by atoms with Crippen molar-refractivity contribution < 1.29 is 37.0 Å². The second-order valence-electron chi connectivity index (χ2n) is 9.32. The second-order valence-corrected chi connectivity index (χ2v) is 9.32. The molecule has 4 rings (SSSR count). The van der Waals surface area contributed by atoms with E-state index in [2.05, 4.69) is 20.1 Å². The number of rotatable bonds is 11. The Balaban J connectivity index is 1.44. The first-order chi connectivity index (χ1) is 20.4. The molecule has 2 aromatic heterocycles. The standard InChI is InChI=1S/C28H28F3N7O5/c1-37(12-3-13-43-26(32)41)25(40)19-8-10-21(22(14-19)42-2)34-27-35-23-11-9-20(15-38(23)36-27)17-4-6-18(7-5-17)24(39)33-16-28(29,30)31/h4-11,14-15H,3,12-13,16H2,1-2H3,(H2,32,41)(H,33,39)(H,34,36). The summed E-state index contributed by atoms with van der Waals surface area (Å²) in [4.78, 5) is 41.4. The number of fused-ring (bicyclic) bond motifs is 1. The van der Waals surface area contributed by atoms with Gasteiger partial charge in [0.05, 0.1) is 19.4 Å². The van der Waals surface area contributed by atoms with Gasteiger partial charge in [0.15, 0.2) is 5.65 Å². The van der Waals surface area contributed by atoms with Gasteiger partial charge in [-0.25, -0.2) is 9.31 Å². The second kappa shape index (κ2) is 13.1. The highest BCUT2D eigenvalue weighted by molar-refractivity contribution is 5.95. The molecule has 0 aliphatic carbocycles. The third-order valence-electron chi connectivity index (χ3n) is 6.18. The number of aromatic nitrogens is 3. The maximum Gasteiger partial charge on any atom is 0.405 e. The molecular weight excluding hydrogens is 571 g/mol. The number of nitrogens with one attached hydrogen (secondary N) is 2. The van der Waals surface area contributed by atoms with Crippen LogP contribution in [0.4, 0.5) is 29.6 Å². The molecule has 0 saturated carbocycles. The van der Waals surface area contributed by atoms with Crippen molar-refractivity contribution in [2.24, 2.45) is 5.73 Å². The summed E-state index contributed by atoms with van der Waals surface area (Å²) in [5, 5.41) is 9.38. The van der Waals surface area contributed by atoms with Crippen molar-refractivity contribution >= 4 is 35.2 Å². The Labute approximate surface area is 243 Å². The fourth-order valence-corrected chi connectivity index (χ4v) is 4.05. The highest BCUT2D eigenvalue weighted by Gasteiger charge is 2.28. The normalized spacial score (nSPS) is 11.2. The van der Waals surface area contributed by atoms with Gasteiger partial charge in [-0.2, -0.15) is 18.2 Å². The number of ether oxygens (including phenoxy) is 2. The van der Waals surface area contributed by atoms with E-state index >= 15 is 0 Å². The number of benzene rings is 2. The molecule has 43 heavy (non-hydrogen) atoms. The predicted octanol–water partition coefficient (Wildman–Crippen LogP) is 4.00. The van der Waals surface area contributed by atoms with Crippen molar-refractivity contribution in [3.05, 3.63) is 71.9 Å². The van der Waals surface area contributed by atoms with Crippen molar-refractivity contribution in [2.75, 3.05) is 39.2 Å². The topological polar surface area (TPSA) is 153 Å². The van der Waals surface area contributed by atoms with Crippen LogP contribution in [0.25, 0.3) is 16.8 Å². The fraction of sp³-hybridized carbons (Fsp3) is 0.250. The molecule has 2 aromatic carbocycles. The number of anilines is 2. The highest BCUT2D eigenvalue weighted by Crippen LogP contribution is 2.29. The van der Waals surface area contributed by atoms with Crippen LogP contribution in [0.3, 0.4) is 0 Å². The molecule has 0 fully saturated rings. The molecule has 4 N–H and O–H groups in total. The molecule has 2 heterocycles. The minimum Gasteiger partial charge on any atom is -0.495 e. The molecule has 4 aromatic rings. The summed E-state index contributed by atoms with van der Waals surface area (Å²) in [6.45, 7) is -0.954. The van der Waals surface area contributed by atoms with Crippen LogP contribution in [0.5, 0.6) is 5.75 Å². The lowest BCUT2D eigenvalue weighted by Gasteiger charge is -2.18. The Morgan fingerprint density at radius 2 is 1.72 bits per heavy atom. The zero-order valence-corrected chi connectivity index (χ0v) is 23.1. The van der Waals surface area contributed by atoms with Gasteiger partial charge < -0.3 is 30.7 Å². The van der Waals surface area contributed by atoms with Gasteiger partial charge in [0, 0.05) is 36.5 Å². The number of methoxy groups -OCH3 is 1. The smallest absolute Gasteiger partial charge is 0.405 e. The third kappa shape index (κ3) is 8.12. The summed E-state index contributed by atoms with van der Waals surface area (Å²) >= 11 is 0. The van der Waals surface area contributed by atoms with E-state index < -0.39 is 24.7 Å². The molecular formula is C28H28F3N7O5. The van der Waals surface area contributed by atoms with Gasteiger partial charge in [-0.05, 0) is 54.4 Å². The van der Waals surface area contributed by atoms with E-state index in [-0.39, 0.29) is 24.0 Å². The maximum atomic E-state index is 12.8. The van der Waals surface area contributed by atoms with Crippen LogP contribution in [0.15, 0.2) is 60.8 Å². The van der Waals surface area contributed by atoms with Crippen LogP contribution in [-0.2, 0) is 4.74 Å². The molecule has 0 bridgehead atoms. The zero-order chi connectivity index (χ0) is 31.1. The molecule has 0 radical (unpaired) electrons. The summed E-state index contributed by atoms with van der Waals surface area (Å²) in [5.41, 5.74) is 7.92. The first-order valence-corrected chi connectivity index (χ1v) is 12.9. The summed E-state index contributed by atoms with van der Waals surface area (Å²) in [5.74, 6) is -0.427. The predicted molar refractivity (Wildman–Crippen MR) is 150 cm³/mol. The van der Waals surface area contributed by atoms with Crippen LogP contribution in [0, 0.1) is 0 Å². The lowest BCUT2D eigenvalue weighted by atomic mass is 10.1. The molecule has 0 atom stereocenters. The summed E-state index contributed by atoms with van der Waals surface area (Å²) in [7, 11) is 3.10. The Kier molecular flexibility index (Phi) is 9.33. The van der Waals surface area contributed by atoms with Crippen molar-refractivity contribution in [3.8, 4) is 16.9 Å². The number of carbonyl (C=O) groups is 3. The van der Waals surface area contributed by atoms with E-state index in [1.807, 2.05) is 5.32 Å². The molecule has 0 aliphatic heterocycles. The number of halogens is 3. The number of hydrogen-bond acceptors (Lipinski definition) is 8. The van der Waals surface area contributed by atoms with Crippen LogP contribution < -0.4 is 21.1 Å². The molecule has 0 saturated heterocycles. The third-order valence-corrected chi connectivity index (χ3v) is 6.18. The van der Waals surface area contributed by atoms with Crippen molar-refractivity contribution in [1.29, 1.82) is 0 Å². The Morgan fingerprint density at radius 3 is 2.40 bits per heavy atom. The first kappa shape index (κ1) is 30.6. The number of alkyl halides is 3. The van der Waals surface area contributed by atoms with Gasteiger partial charge in [0.1, 0.15) is 12.3 Å². The number of nitrogens with zero attached hydrogens (tertiary/aromatic N) is 4. The number of hydrogen-bond donors (Lipinski definition) is 3. The SMILES string of the molecule is COc1cc(C(=O)N(C)CCCOC(N)=O)ccc1Nc1nc2ccc(-c3ccc(C(=O)NCC(F)(F)F)cc3)cn2n1. The van der Waals surface area contributed by atoms with Gasteiger partial charge in [-0.1, -0.05) is 12.1 Å². The van der Waals surface area contributed by atoms with E-state index in [1.165, 1.54) is 24.1 Å². The number of nitrogens with two attached hydrogens (primary N) is 1. The van der Waals surface area contributed by atoms with E-state index in [0.717, 1.165) is 5.56 Å². The molecule has 0 spiro atoms. The maximum absolute atomic E-state index is 12.8. The average molecular weight is 600 g/mol. The van der Waals surface area contributed by atoms with Gasteiger partial charge in [0.25, 0.3) is 11.8 Å². The van der Waals surface area contributed by atoms with E-state index in [9.17, 15) is 27.6 Å². The minimum absolute atomic E-state index is 0.101. The lowest BCUT2D eigenvalue weighted by Crippen LogP contribution is -2.33. The Morgan fingerprint density at radius 1 is 1.02 bits per heavy atom. The number of pyridine rings is 1. The van der Waals surface area contributed by atoms with E-state index in [4.69, 9.17) is 10.5 Å². The summed E-state index contributed by atoms with van der Waals surface area (Å²) < 4.78 is 48.8. The number of amides is 3. The van der Waals surface area contributed by atoms with Crippen molar-refractivity contribution in [3.63, 3.8) is 0 Å². The average Bonchev–Trinajstić information content (AvgIpc) is 3.39. The van der Waals surface area contributed by atoms with Gasteiger partial charge in [-0.3, -0.25) is 9.59 Å². The monoisotopic (exact) mass is 599 g/mol. The number of carbonyl (C=O) groups excluding carboxylic acids is 3. The minimum atomic E-state index is -4.49. The summed E-state index contributed by atoms with van der Waals surface area (Å²) in [6, 6.07) is 14.5. The van der Waals surface area contributed by atoms with Gasteiger partial charge in [0.2, 0.25) is 5.95 Å². The van der Waals surface area contributed by atoms with E-state index in [1.54, 1.807) is 60.2 Å². The molecule has 226 valence electrons. The van der Waals surface area contributed by atoms with Crippen LogP contribution in [0.2, 0.25) is 0 Å². The fourth-order valence-electron chi connectivity index (χ4n) is 4.05. The van der Waals surface area contributed by atoms with Crippen LogP contribution in [0.1, 0.15) is 27.1 Å². The molecule has 3 amide bonds. The summed E-state index contributed by atoms with van der Waals surface area (Å²) in [6.07, 6.45) is -3.22. The largest absolute Gasteiger partial charge is 0.495 e. The van der Waals surface area contributed by atoms with E-state index in [0.29, 0.717) is 41.2 Å². The molecule has 0 unspecified atom stereocenters. The van der Waals surface area contributed by atoms with Crippen molar-refractivity contribution in [1.82, 2.24) is 24.8 Å². The quantitative estimate of drug-likeness (QED) is 0.219. The lowest BCUT2D eigenvalue weighted by molar-refractivity contribution is -0.123. The number of primary amides is 1.